The summed E-state index contributed by atoms with van der Waals surface area (Å²) < 4.78 is 5.75. The van der Waals surface area contributed by atoms with Crippen LogP contribution >= 0.6 is 11.3 Å². The third-order valence-electron chi connectivity index (χ3n) is 2.75. The molecule has 5 heteroatoms. The van der Waals surface area contributed by atoms with Gasteiger partial charge in [0.15, 0.2) is 0 Å². The van der Waals surface area contributed by atoms with Crippen LogP contribution in [0.2, 0.25) is 0 Å². The Morgan fingerprint density at radius 3 is 3.20 bits per heavy atom. The van der Waals surface area contributed by atoms with Gasteiger partial charge in [-0.25, -0.2) is 0 Å². The highest BCUT2D eigenvalue weighted by Gasteiger charge is 2.27. The number of hydrogen-bond acceptors (Lipinski definition) is 5. The predicted molar refractivity (Wildman–Crippen MR) is 61.6 cm³/mol. The van der Waals surface area contributed by atoms with Gasteiger partial charge in [0.1, 0.15) is 0 Å². The molecule has 1 aromatic rings. The molecule has 0 spiro atoms. The number of morpholine rings is 1. The topological polar surface area (TPSA) is 50.5 Å². The first kappa shape index (κ1) is 11.0. The second-order valence-electron chi connectivity index (χ2n) is 3.87. The van der Waals surface area contributed by atoms with Gasteiger partial charge >= 0.3 is 0 Å². The average Bonchev–Trinajstić information content (AvgIpc) is 2.72. The minimum atomic E-state index is 0.0963. The van der Waals surface area contributed by atoms with E-state index in [9.17, 15) is 0 Å². The first-order valence-electron chi connectivity index (χ1n) is 5.09. The van der Waals surface area contributed by atoms with Crippen LogP contribution in [0.25, 0.3) is 0 Å². The van der Waals surface area contributed by atoms with E-state index < -0.39 is 0 Å². The van der Waals surface area contributed by atoms with Crippen molar-refractivity contribution < 1.29 is 4.74 Å². The van der Waals surface area contributed by atoms with Crippen LogP contribution < -0.4 is 11.3 Å². The lowest BCUT2D eigenvalue weighted by molar-refractivity contribution is -0.0392. The highest BCUT2D eigenvalue weighted by molar-refractivity contribution is 7.07. The number of rotatable bonds is 3. The third-order valence-corrected chi connectivity index (χ3v) is 3.45. The number of nitrogens with zero attached hydrogens (tertiary/aromatic N) is 1. The van der Waals surface area contributed by atoms with Gasteiger partial charge in [0.2, 0.25) is 0 Å². The molecule has 0 bridgehead atoms. The fourth-order valence-electron chi connectivity index (χ4n) is 1.88. The van der Waals surface area contributed by atoms with E-state index in [1.165, 1.54) is 5.56 Å². The maximum absolute atomic E-state index is 5.75. The van der Waals surface area contributed by atoms with Gasteiger partial charge < -0.3 is 9.64 Å². The molecule has 1 saturated heterocycles. The van der Waals surface area contributed by atoms with Crippen LogP contribution in [0.4, 0.5) is 0 Å². The molecule has 1 aliphatic rings. The molecular weight excluding hydrogens is 210 g/mol. The molecule has 0 radical (unpaired) electrons. The number of nitrogens with one attached hydrogen (secondary N) is 1. The van der Waals surface area contributed by atoms with Gasteiger partial charge in [-0.2, -0.15) is 11.3 Å². The van der Waals surface area contributed by atoms with Gasteiger partial charge in [-0.1, -0.05) is 0 Å². The third kappa shape index (κ3) is 2.56. The molecule has 2 rings (SSSR count). The molecule has 2 heterocycles. The summed E-state index contributed by atoms with van der Waals surface area (Å²) in [7, 11) is 2.11. The largest absolute Gasteiger partial charge is 0.374 e. The van der Waals surface area contributed by atoms with Crippen LogP contribution in [0.3, 0.4) is 0 Å². The van der Waals surface area contributed by atoms with Crippen LogP contribution in [0, 0.1) is 0 Å². The number of thiophene rings is 1. The summed E-state index contributed by atoms with van der Waals surface area (Å²) in [6.45, 7) is 2.70. The van der Waals surface area contributed by atoms with Crippen LogP contribution in [0.1, 0.15) is 11.6 Å². The first-order valence-corrected chi connectivity index (χ1v) is 6.04. The number of ether oxygens (including phenoxy) is 1. The van der Waals surface area contributed by atoms with Crippen molar-refractivity contribution >= 4 is 11.3 Å². The lowest BCUT2D eigenvalue weighted by atomic mass is 10.0. The highest BCUT2D eigenvalue weighted by Crippen LogP contribution is 2.23. The molecule has 3 N–H and O–H groups in total. The van der Waals surface area contributed by atoms with E-state index in [-0.39, 0.29) is 12.1 Å². The SMILES string of the molecule is CN1CCOC(C(NN)c2ccsc2)C1. The van der Waals surface area contributed by atoms with Crippen molar-refractivity contribution in [3.63, 3.8) is 0 Å². The molecule has 15 heavy (non-hydrogen) atoms. The smallest absolute Gasteiger partial charge is 0.0910 e. The van der Waals surface area contributed by atoms with E-state index in [2.05, 4.69) is 34.2 Å². The summed E-state index contributed by atoms with van der Waals surface area (Å²) in [5, 5.41) is 4.18. The number of hydrazine groups is 1. The minimum Gasteiger partial charge on any atom is -0.374 e. The second-order valence-corrected chi connectivity index (χ2v) is 4.65. The lowest BCUT2D eigenvalue weighted by Gasteiger charge is -2.34. The molecule has 2 atom stereocenters. The molecule has 84 valence electrons. The maximum Gasteiger partial charge on any atom is 0.0910 e. The summed E-state index contributed by atoms with van der Waals surface area (Å²) in [6, 6.07) is 2.19. The number of hydrogen-bond donors (Lipinski definition) is 2. The van der Waals surface area contributed by atoms with Crippen molar-refractivity contribution in [1.82, 2.24) is 10.3 Å². The number of nitrogens with two attached hydrogens (primary N) is 1. The van der Waals surface area contributed by atoms with E-state index in [1.807, 2.05) is 0 Å². The first-order chi connectivity index (χ1) is 7.31. The van der Waals surface area contributed by atoms with Crippen molar-refractivity contribution in [1.29, 1.82) is 0 Å². The van der Waals surface area contributed by atoms with E-state index in [0.717, 1.165) is 19.7 Å². The Bertz CT molecular complexity index is 291. The van der Waals surface area contributed by atoms with Crippen LogP contribution in [0.15, 0.2) is 16.8 Å². The molecule has 4 nitrogen and oxygen atoms in total. The zero-order chi connectivity index (χ0) is 10.7. The molecule has 0 aliphatic carbocycles. The van der Waals surface area contributed by atoms with Gasteiger partial charge in [-0.15, -0.1) is 0 Å². The molecule has 0 aromatic carbocycles. The van der Waals surface area contributed by atoms with Gasteiger partial charge in [-0.05, 0) is 29.4 Å². The van der Waals surface area contributed by atoms with E-state index >= 15 is 0 Å². The molecule has 0 saturated carbocycles. The van der Waals surface area contributed by atoms with Crippen LogP contribution in [-0.4, -0.2) is 37.7 Å². The minimum absolute atomic E-state index is 0.0963. The Hall–Kier alpha value is -0.460. The fraction of sp³-hybridized carbons (Fsp3) is 0.600. The van der Waals surface area contributed by atoms with Crippen molar-refractivity contribution in [2.24, 2.45) is 5.84 Å². The average molecular weight is 227 g/mol. The van der Waals surface area contributed by atoms with E-state index in [4.69, 9.17) is 10.6 Å². The van der Waals surface area contributed by atoms with Gasteiger partial charge in [-0.3, -0.25) is 11.3 Å². The highest BCUT2D eigenvalue weighted by atomic mass is 32.1. The molecule has 1 aliphatic heterocycles. The summed E-state index contributed by atoms with van der Waals surface area (Å²) in [4.78, 5) is 2.27. The molecule has 0 amide bonds. The Kier molecular flexibility index (Phi) is 3.71. The summed E-state index contributed by atoms with van der Waals surface area (Å²) in [5.74, 6) is 5.60. The Morgan fingerprint density at radius 2 is 2.60 bits per heavy atom. The quantitative estimate of drug-likeness (QED) is 0.586. The van der Waals surface area contributed by atoms with Crippen molar-refractivity contribution in [3.8, 4) is 0 Å². The number of likely N-dealkylation sites (N-methyl/N-ethyl adjacent to an activating group) is 1. The monoisotopic (exact) mass is 227 g/mol. The normalized spacial score (nSPS) is 25.3. The summed E-state index contributed by atoms with van der Waals surface area (Å²) in [5.41, 5.74) is 4.06. The van der Waals surface area contributed by atoms with Crippen molar-refractivity contribution in [2.75, 3.05) is 26.7 Å². The molecule has 2 unspecified atom stereocenters. The standard InChI is InChI=1S/C10H17N3OS/c1-13-3-4-14-9(6-13)10(12-11)8-2-5-15-7-8/h2,5,7,9-10,12H,3-4,6,11H2,1H3. The van der Waals surface area contributed by atoms with Crippen LogP contribution in [-0.2, 0) is 4.74 Å². The zero-order valence-electron chi connectivity index (χ0n) is 8.85. The predicted octanol–water partition coefficient (Wildman–Crippen LogP) is 0.583. The summed E-state index contributed by atoms with van der Waals surface area (Å²) in [6.07, 6.45) is 0.142. The molecule has 1 aromatic heterocycles. The summed E-state index contributed by atoms with van der Waals surface area (Å²) >= 11 is 1.68. The Balaban J connectivity index is 2.06. The molecular formula is C10H17N3OS. The van der Waals surface area contributed by atoms with Gasteiger partial charge in [0, 0.05) is 13.1 Å². The lowest BCUT2D eigenvalue weighted by Crippen LogP contribution is -2.48. The maximum atomic E-state index is 5.75. The second kappa shape index (κ2) is 5.05. The Morgan fingerprint density at radius 1 is 1.73 bits per heavy atom. The molecule has 1 fully saturated rings. The van der Waals surface area contributed by atoms with E-state index in [1.54, 1.807) is 11.3 Å². The van der Waals surface area contributed by atoms with Gasteiger partial charge in [0.25, 0.3) is 0 Å². The zero-order valence-corrected chi connectivity index (χ0v) is 9.67. The van der Waals surface area contributed by atoms with Gasteiger partial charge in [0.05, 0.1) is 18.8 Å². The van der Waals surface area contributed by atoms with E-state index in [0.29, 0.717) is 0 Å². The fourth-order valence-corrected chi connectivity index (χ4v) is 2.58. The van der Waals surface area contributed by atoms with Crippen molar-refractivity contribution in [2.45, 2.75) is 12.1 Å². The Labute approximate surface area is 94.0 Å². The van der Waals surface area contributed by atoms with Crippen molar-refractivity contribution in [3.05, 3.63) is 22.4 Å². The van der Waals surface area contributed by atoms with Crippen LogP contribution in [0.5, 0.6) is 0 Å².